The van der Waals surface area contributed by atoms with Crippen LogP contribution in [0.2, 0.25) is 0 Å². The summed E-state index contributed by atoms with van der Waals surface area (Å²) >= 11 is 0. The first-order valence-electron chi connectivity index (χ1n) is 30.4. The van der Waals surface area contributed by atoms with Crippen molar-refractivity contribution in [2.75, 3.05) is 47.5 Å². The molecule has 430 valence electrons. The number of carbonyl (C=O) groups is 3. The van der Waals surface area contributed by atoms with E-state index < -0.39 is 24.3 Å². The van der Waals surface area contributed by atoms with Gasteiger partial charge in [0.2, 0.25) is 0 Å². The maximum Gasteiger partial charge on any atom is 0.361 e. The highest BCUT2D eigenvalue weighted by Gasteiger charge is 2.25. The molecule has 0 saturated carbocycles. The summed E-state index contributed by atoms with van der Waals surface area (Å²) in [7, 11) is 5.96. The van der Waals surface area contributed by atoms with Gasteiger partial charge < -0.3 is 28.5 Å². The number of unbranched alkanes of at least 4 members (excludes halogenated alkanes) is 24. The van der Waals surface area contributed by atoms with Crippen LogP contribution >= 0.6 is 0 Å². The predicted octanol–water partition coefficient (Wildman–Crippen LogP) is 18.1. The van der Waals surface area contributed by atoms with Gasteiger partial charge in [-0.05, 0) is 96.3 Å². The molecule has 0 aromatic rings. The van der Waals surface area contributed by atoms with E-state index in [1.807, 2.05) is 21.1 Å². The lowest BCUT2D eigenvalue weighted by Gasteiger charge is -2.25. The van der Waals surface area contributed by atoms with Crippen molar-refractivity contribution < 1.29 is 42.9 Å². The van der Waals surface area contributed by atoms with Crippen molar-refractivity contribution in [3.05, 3.63) is 97.2 Å². The van der Waals surface area contributed by atoms with Gasteiger partial charge in [-0.2, -0.15) is 0 Å². The summed E-state index contributed by atoms with van der Waals surface area (Å²) in [6, 6.07) is 0. The molecule has 0 saturated heterocycles. The number of rotatable bonds is 55. The molecule has 0 aromatic carbocycles. The number of carbonyl (C=O) groups excluding carboxylic acids is 2. The number of aliphatic carboxylic acids is 1. The Hall–Kier alpha value is -3.79. The lowest BCUT2D eigenvalue weighted by molar-refractivity contribution is -0.870. The molecule has 0 rings (SSSR count). The van der Waals surface area contributed by atoms with E-state index in [0.29, 0.717) is 23.9 Å². The molecule has 0 aliphatic rings. The Morgan fingerprint density at radius 3 is 1.15 bits per heavy atom. The minimum atomic E-state index is -1.52. The highest BCUT2D eigenvalue weighted by atomic mass is 16.7. The number of nitrogens with zero attached hydrogens (tertiary/aromatic N) is 1. The van der Waals surface area contributed by atoms with Crippen LogP contribution in [-0.2, 0) is 33.3 Å². The number of quaternary nitrogens is 1. The van der Waals surface area contributed by atoms with Crippen molar-refractivity contribution in [3.8, 4) is 0 Å². The Bertz CT molecular complexity index is 1550. The number of ether oxygens (including phenoxy) is 4. The number of carboxylic acid groups (broad SMARTS) is 1. The summed E-state index contributed by atoms with van der Waals surface area (Å²) in [4.78, 5) is 37.5. The van der Waals surface area contributed by atoms with Gasteiger partial charge in [-0.1, -0.05) is 233 Å². The van der Waals surface area contributed by atoms with E-state index in [1.165, 1.54) is 116 Å². The molecular weight excluding hydrogens is 935 g/mol. The van der Waals surface area contributed by atoms with Crippen LogP contribution in [0.3, 0.4) is 0 Å². The Balaban J connectivity index is 4.30. The fourth-order valence-corrected chi connectivity index (χ4v) is 8.16. The van der Waals surface area contributed by atoms with E-state index >= 15 is 0 Å². The Kier molecular flexibility index (Phi) is 53.6. The molecule has 0 aromatic heterocycles. The molecule has 2 atom stereocenters. The molecular formula is C66H114NO8+. The standard InChI is InChI=1S/C66H113NO8/c1-6-8-10-12-14-16-18-20-22-24-26-28-30-31-32-33-35-37-39-41-43-45-47-49-51-53-55-57-64(69)75-62(61-74-66(65(70)71)72-59-58-67(3,4)5)60-73-63(68)56-54-52-50-48-46-44-42-40-38-36-34-29-27-25-23-21-19-17-15-13-11-9-7-2/h8,10,14,16,20,22,25-28,31-32,35,37,41,43,62,66H,6-7,9,11-13,15,17-19,21,23-24,29-30,33-34,36,38-40,42,44-61H2,1-5H3/p+1/b10-8-,16-14-,22-20-,27-25-,28-26-,32-31-,37-35-,43-41-. The zero-order valence-electron chi connectivity index (χ0n) is 48.9. The minimum absolute atomic E-state index is 0.179. The summed E-state index contributed by atoms with van der Waals surface area (Å²) in [5, 5.41) is 9.71. The third-order valence-corrected chi connectivity index (χ3v) is 12.8. The molecule has 0 aliphatic heterocycles. The van der Waals surface area contributed by atoms with Crippen LogP contribution in [0.1, 0.15) is 245 Å². The SMILES string of the molecule is CC/C=C\C/C=C\C/C=C\C/C=C\C/C=C\C/C=C\C/C=C\CCCCCCCC(=O)OC(COC(=O)CCCCCCCCCCCCC/C=C\CCCCCCCCCC)COC(OCC[N+](C)(C)C)C(=O)O. The molecule has 0 bridgehead atoms. The zero-order chi connectivity index (χ0) is 54.8. The van der Waals surface area contributed by atoms with Gasteiger partial charge in [-0.3, -0.25) is 9.59 Å². The summed E-state index contributed by atoms with van der Waals surface area (Å²) in [5.41, 5.74) is 0. The molecule has 9 nitrogen and oxygen atoms in total. The normalized spacial score (nSPS) is 13.5. The summed E-state index contributed by atoms with van der Waals surface area (Å²) in [5.74, 6) is -2.04. The van der Waals surface area contributed by atoms with Crippen molar-refractivity contribution in [1.82, 2.24) is 0 Å². The Morgan fingerprint density at radius 1 is 0.413 bits per heavy atom. The van der Waals surface area contributed by atoms with E-state index in [1.54, 1.807) is 0 Å². The third kappa shape index (κ3) is 57.7. The monoisotopic (exact) mass is 1050 g/mol. The maximum atomic E-state index is 12.9. The average Bonchev–Trinajstić information content (AvgIpc) is 3.38. The fourth-order valence-electron chi connectivity index (χ4n) is 8.16. The number of carboxylic acids is 1. The van der Waals surface area contributed by atoms with Gasteiger partial charge in [0.1, 0.15) is 13.2 Å². The first-order valence-corrected chi connectivity index (χ1v) is 30.4. The van der Waals surface area contributed by atoms with Crippen LogP contribution in [0.15, 0.2) is 97.2 Å². The number of hydrogen-bond acceptors (Lipinski definition) is 7. The third-order valence-electron chi connectivity index (χ3n) is 12.8. The van der Waals surface area contributed by atoms with Gasteiger partial charge in [0.15, 0.2) is 6.10 Å². The second-order valence-corrected chi connectivity index (χ2v) is 21.3. The number of hydrogen-bond donors (Lipinski definition) is 1. The first kappa shape index (κ1) is 71.2. The summed E-state index contributed by atoms with van der Waals surface area (Å²) in [6.07, 6.45) is 73.4. The molecule has 2 unspecified atom stereocenters. The van der Waals surface area contributed by atoms with Crippen LogP contribution in [-0.4, -0.2) is 87.4 Å². The van der Waals surface area contributed by atoms with E-state index in [4.69, 9.17) is 18.9 Å². The van der Waals surface area contributed by atoms with Crippen molar-refractivity contribution in [3.63, 3.8) is 0 Å². The number of likely N-dealkylation sites (N-methyl/N-ethyl adjacent to an activating group) is 1. The van der Waals surface area contributed by atoms with E-state index in [-0.39, 0.29) is 32.2 Å². The van der Waals surface area contributed by atoms with Crippen LogP contribution in [0.25, 0.3) is 0 Å². The van der Waals surface area contributed by atoms with Crippen LogP contribution in [0.4, 0.5) is 0 Å². The molecule has 0 amide bonds. The van der Waals surface area contributed by atoms with Gasteiger partial charge in [0.05, 0.1) is 34.4 Å². The summed E-state index contributed by atoms with van der Waals surface area (Å²) < 4.78 is 22.9. The van der Waals surface area contributed by atoms with Crippen molar-refractivity contribution in [2.45, 2.75) is 257 Å². The maximum absolute atomic E-state index is 12.9. The Morgan fingerprint density at radius 2 is 0.760 bits per heavy atom. The second-order valence-electron chi connectivity index (χ2n) is 21.3. The van der Waals surface area contributed by atoms with Gasteiger partial charge in [0.25, 0.3) is 6.29 Å². The molecule has 0 fully saturated rings. The topological polar surface area (TPSA) is 108 Å². The highest BCUT2D eigenvalue weighted by molar-refractivity contribution is 5.71. The van der Waals surface area contributed by atoms with E-state index in [2.05, 4.69) is 111 Å². The molecule has 75 heavy (non-hydrogen) atoms. The number of esters is 2. The van der Waals surface area contributed by atoms with Crippen LogP contribution in [0.5, 0.6) is 0 Å². The lowest BCUT2D eigenvalue weighted by atomic mass is 10.0. The molecule has 0 spiro atoms. The van der Waals surface area contributed by atoms with Gasteiger partial charge in [0, 0.05) is 12.8 Å². The largest absolute Gasteiger partial charge is 0.477 e. The highest BCUT2D eigenvalue weighted by Crippen LogP contribution is 2.15. The van der Waals surface area contributed by atoms with Crippen LogP contribution in [0, 0.1) is 0 Å². The van der Waals surface area contributed by atoms with Crippen molar-refractivity contribution in [1.29, 1.82) is 0 Å². The van der Waals surface area contributed by atoms with Crippen LogP contribution < -0.4 is 0 Å². The van der Waals surface area contributed by atoms with Crippen molar-refractivity contribution >= 4 is 17.9 Å². The summed E-state index contributed by atoms with van der Waals surface area (Å²) in [6.45, 7) is 4.75. The number of allylic oxidation sites excluding steroid dienone is 16. The molecule has 0 heterocycles. The smallest absolute Gasteiger partial charge is 0.361 e. The van der Waals surface area contributed by atoms with E-state index in [0.717, 1.165) is 96.3 Å². The zero-order valence-corrected chi connectivity index (χ0v) is 48.9. The molecule has 0 aliphatic carbocycles. The molecule has 0 radical (unpaired) electrons. The first-order chi connectivity index (χ1) is 36.6. The predicted molar refractivity (Wildman–Crippen MR) is 318 cm³/mol. The molecule has 9 heteroatoms. The average molecular weight is 1050 g/mol. The van der Waals surface area contributed by atoms with Crippen molar-refractivity contribution in [2.24, 2.45) is 0 Å². The lowest BCUT2D eigenvalue weighted by Crippen LogP contribution is -2.40. The molecule has 1 N–H and O–H groups in total. The van der Waals surface area contributed by atoms with E-state index in [9.17, 15) is 19.5 Å². The second kappa shape index (κ2) is 56.4. The van der Waals surface area contributed by atoms with Gasteiger partial charge >= 0.3 is 17.9 Å². The van der Waals surface area contributed by atoms with Gasteiger partial charge in [-0.25, -0.2) is 4.79 Å². The fraction of sp³-hybridized carbons (Fsp3) is 0.712. The van der Waals surface area contributed by atoms with Gasteiger partial charge in [-0.15, -0.1) is 0 Å². The quantitative estimate of drug-likeness (QED) is 0.0211. The Labute approximate surface area is 461 Å². The minimum Gasteiger partial charge on any atom is -0.477 e.